The molecule has 5 nitrogen and oxygen atoms in total. The van der Waals surface area contributed by atoms with Crippen LogP contribution in [0.15, 0.2) is 0 Å². The largest absolute Gasteiger partial charge is 0.389 e. The Kier molecular flexibility index (Phi) is 10.8. The number of hydrogen-bond acceptors (Lipinski definition) is 5. The summed E-state index contributed by atoms with van der Waals surface area (Å²) < 4.78 is 15.6. The Morgan fingerprint density at radius 3 is 2.59 bits per heavy atom. The van der Waals surface area contributed by atoms with E-state index in [4.69, 9.17) is 14.2 Å². The summed E-state index contributed by atoms with van der Waals surface area (Å²) in [7, 11) is 3.60. The summed E-state index contributed by atoms with van der Waals surface area (Å²) in [5, 5.41) is 9.74. The number of nitrogens with zero attached hydrogens (tertiary/aromatic N) is 1. The highest BCUT2D eigenvalue weighted by atomic mass is 16.5. The van der Waals surface area contributed by atoms with E-state index in [2.05, 4.69) is 0 Å². The van der Waals surface area contributed by atoms with E-state index in [-0.39, 0.29) is 6.10 Å². The maximum Gasteiger partial charge on any atom is 0.0900 e. The van der Waals surface area contributed by atoms with E-state index < -0.39 is 6.10 Å². The van der Waals surface area contributed by atoms with Crippen molar-refractivity contribution in [3.05, 3.63) is 0 Å². The summed E-state index contributed by atoms with van der Waals surface area (Å²) in [6, 6.07) is 0. The first-order valence-electron chi connectivity index (χ1n) is 6.15. The van der Waals surface area contributed by atoms with Crippen LogP contribution in [0.3, 0.4) is 0 Å². The lowest BCUT2D eigenvalue weighted by Crippen LogP contribution is -2.35. The van der Waals surface area contributed by atoms with Crippen molar-refractivity contribution < 1.29 is 19.3 Å². The van der Waals surface area contributed by atoms with Crippen molar-refractivity contribution in [3.8, 4) is 0 Å². The highest BCUT2D eigenvalue weighted by Gasteiger charge is 2.10. The maximum absolute atomic E-state index is 9.74. The van der Waals surface area contributed by atoms with Gasteiger partial charge in [-0.2, -0.15) is 0 Å². The van der Waals surface area contributed by atoms with Gasteiger partial charge in [-0.25, -0.2) is 0 Å². The van der Waals surface area contributed by atoms with Gasteiger partial charge in [0, 0.05) is 26.8 Å². The van der Waals surface area contributed by atoms with Gasteiger partial charge in [-0.05, 0) is 20.9 Å². The first-order valence-corrected chi connectivity index (χ1v) is 6.15. The van der Waals surface area contributed by atoms with E-state index in [1.807, 2.05) is 25.8 Å². The van der Waals surface area contributed by atoms with E-state index in [9.17, 15) is 5.11 Å². The van der Waals surface area contributed by atoms with Crippen molar-refractivity contribution in [2.75, 3.05) is 53.7 Å². The van der Waals surface area contributed by atoms with Gasteiger partial charge >= 0.3 is 0 Å². The molecule has 0 aliphatic carbocycles. The average Bonchev–Trinajstić information content (AvgIpc) is 2.27. The van der Waals surface area contributed by atoms with Gasteiger partial charge in [0.05, 0.1) is 32.0 Å². The molecular formula is C12H27NO4. The van der Waals surface area contributed by atoms with Crippen LogP contribution < -0.4 is 0 Å². The van der Waals surface area contributed by atoms with Gasteiger partial charge in [0.15, 0.2) is 0 Å². The Labute approximate surface area is 105 Å². The molecule has 2 unspecified atom stereocenters. The molecule has 0 aromatic carbocycles. The highest BCUT2D eigenvalue weighted by Crippen LogP contribution is 1.96. The number of aliphatic hydroxyl groups is 1. The molecule has 0 aromatic rings. The molecule has 0 rings (SSSR count). The van der Waals surface area contributed by atoms with E-state index in [0.29, 0.717) is 26.4 Å². The molecule has 104 valence electrons. The average molecular weight is 249 g/mol. The minimum Gasteiger partial charge on any atom is -0.389 e. The Morgan fingerprint density at radius 1 is 1.29 bits per heavy atom. The summed E-state index contributed by atoms with van der Waals surface area (Å²) in [6.45, 7) is 7.62. The van der Waals surface area contributed by atoms with Gasteiger partial charge in [0.2, 0.25) is 0 Å². The van der Waals surface area contributed by atoms with Gasteiger partial charge in [0.1, 0.15) is 0 Å². The number of hydrogen-bond donors (Lipinski definition) is 1. The van der Waals surface area contributed by atoms with Crippen molar-refractivity contribution in [1.29, 1.82) is 0 Å². The third-order valence-corrected chi connectivity index (χ3v) is 2.32. The Hall–Kier alpha value is -0.200. The molecule has 0 aliphatic heterocycles. The van der Waals surface area contributed by atoms with Crippen molar-refractivity contribution >= 4 is 0 Å². The highest BCUT2D eigenvalue weighted by molar-refractivity contribution is 4.61. The summed E-state index contributed by atoms with van der Waals surface area (Å²) in [6.07, 6.45) is -0.454. The number of aliphatic hydroxyl groups excluding tert-OH is 1. The summed E-state index contributed by atoms with van der Waals surface area (Å²) in [5.74, 6) is 0. The lowest BCUT2D eigenvalue weighted by atomic mass is 10.3. The van der Waals surface area contributed by atoms with E-state index in [1.54, 1.807) is 7.11 Å². The van der Waals surface area contributed by atoms with Crippen LogP contribution >= 0.6 is 0 Å². The zero-order valence-corrected chi connectivity index (χ0v) is 11.5. The summed E-state index contributed by atoms with van der Waals surface area (Å²) in [5.41, 5.74) is 0. The fourth-order valence-electron chi connectivity index (χ4n) is 1.43. The topological polar surface area (TPSA) is 51.2 Å². The normalized spacial score (nSPS) is 15.2. The lowest BCUT2D eigenvalue weighted by Gasteiger charge is -2.21. The third-order valence-electron chi connectivity index (χ3n) is 2.32. The quantitative estimate of drug-likeness (QED) is 0.536. The lowest BCUT2D eigenvalue weighted by molar-refractivity contribution is -0.0392. The van der Waals surface area contributed by atoms with Gasteiger partial charge in [-0.1, -0.05) is 0 Å². The smallest absolute Gasteiger partial charge is 0.0900 e. The zero-order chi connectivity index (χ0) is 13.1. The Bertz CT molecular complexity index is 169. The number of rotatable bonds is 11. The zero-order valence-electron chi connectivity index (χ0n) is 11.5. The molecule has 0 saturated carbocycles. The van der Waals surface area contributed by atoms with Crippen LogP contribution in [-0.4, -0.2) is 75.9 Å². The molecule has 5 heteroatoms. The second-order valence-electron chi connectivity index (χ2n) is 4.21. The van der Waals surface area contributed by atoms with E-state index >= 15 is 0 Å². The van der Waals surface area contributed by atoms with Crippen LogP contribution in [0.4, 0.5) is 0 Å². The van der Waals surface area contributed by atoms with Gasteiger partial charge in [-0.3, -0.25) is 0 Å². The number of ether oxygens (including phenoxy) is 3. The van der Waals surface area contributed by atoms with Crippen molar-refractivity contribution in [3.63, 3.8) is 0 Å². The predicted molar refractivity (Wildman–Crippen MR) is 67.3 cm³/mol. The first-order chi connectivity index (χ1) is 8.10. The number of likely N-dealkylation sites (N-methyl/N-ethyl adjacent to an activating group) is 1. The molecule has 0 amide bonds. The van der Waals surface area contributed by atoms with Crippen LogP contribution in [0.1, 0.15) is 13.8 Å². The molecule has 0 fully saturated rings. The van der Waals surface area contributed by atoms with E-state index in [1.165, 1.54) is 0 Å². The summed E-state index contributed by atoms with van der Waals surface area (Å²) >= 11 is 0. The van der Waals surface area contributed by atoms with Crippen molar-refractivity contribution in [1.82, 2.24) is 4.90 Å². The van der Waals surface area contributed by atoms with Crippen LogP contribution in [0.5, 0.6) is 0 Å². The molecule has 2 atom stereocenters. The minimum atomic E-state index is -0.471. The van der Waals surface area contributed by atoms with Gasteiger partial charge in [-0.15, -0.1) is 0 Å². The molecule has 0 heterocycles. The van der Waals surface area contributed by atoms with Gasteiger partial charge < -0.3 is 24.2 Å². The van der Waals surface area contributed by atoms with Crippen molar-refractivity contribution in [2.45, 2.75) is 26.1 Å². The predicted octanol–water partition coefficient (Wildman–Crippen LogP) is 0.367. The molecular weight excluding hydrogens is 222 g/mol. The monoisotopic (exact) mass is 249 g/mol. The molecule has 0 aliphatic rings. The van der Waals surface area contributed by atoms with Crippen molar-refractivity contribution in [2.24, 2.45) is 0 Å². The molecule has 0 aromatic heterocycles. The molecule has 17 heavy (non-hydrogen) atoms. The Balaban J connectivity index is 3.52. The van der Waals surface area contributed by atoms with Crippen LogP contribution in [0.2, 0.25) is 0 Å². The molecule has 0 radical (unpaired) electrons. The molecule has 1 N–H and O–H groups in total. The Morgan fingerprint density at radius 2 is 2.00 bits per heavy atom. The fraction of sp³-hybridized carbons (Fsp3) is 1.00. The fourth-order valence-corrected chi connectivity index (χ4v) is 1.43. The standard InChI is InChI=1S/C12H27NO4/c1-5-16-7-6-13(3)8-12(14)10-17-11(2)9-15-4/h11-12,14H,5-10H2,1-4H3. The minimum absolute atomic E-state index is 0.0170. The van der Waals surface area contributed by atoms with Crippen LogP contribution in [0.25, 0.3) is 0 Å². The van der Waals surface area contributed by atoms with Gasteiger partial charge in [0.25, 0.3) is 0 Å². The summed E-state index contributed by atoms with van der Waals surface area (Å²) in [4.78, 5) is 2.03. The number of methoxy groups -OCH3 is 1. The third kappa shape index (κ3) is 10.7. The van der Waals surface area contributed by atoms with Crippen LogP contribution in [-0.2, 0) is 14.2 Å². The first kappa shape index (κ1) is 16.8. The maximum atomic E-state index is 9.74. The molecule has 0 saturated heterocycles. The SMILES string of the molecule is CCOCCN(C)CC(O)COC(C)COC. The van der Waals surface area contributed by atoms with Crippen LogP contribution in [0, 0.1) is 0 Å². The molecule has 0 spiro atoms. The molecule has 0 bridgehead atoms. The van der Waals surface area contributed by atoms with E-state index in [0.717, 1.165) is 13.2 Å². The second-order valence-corrected chi connectivity index (χ2v) is 4.21. The second kappa shape index (κ2) is 10.9.